The Kier molecular flexibility index (Phi) is 7.73. The second-order valence-electron chi connectivity index (χ2n) is 5.40. The van der Waals surface area contributed by atoms with E-state index in [2.05, 4.69) is 5.32 Å². The van der Waals surface area contributed by atoms with E-state index in [1.54, 1.807) is 18.2 Å². The molecule has 0 spiro atoms. The van der Waals surface area contributed by atoms with Crippen molar-refractivity contribution in [3.05, 3.63) is 59.7 Å². The Morgan fingerprint density at radius 1 is 1.07 bits per heavy atom. The van der Waals surface area contributed by atoms with Crippen molar-refractivity contribution in [3.8, 4) is 23.3 Å². The molecule has 0 fully saturated rings. The Bertz CT molecular complexity index is 826. The summed E-state index contributed by atoms with van der Waals surface area (Å²) in [7, 11) is 1.48. The van der Waals surface area contributed by atoms with Crippen molar-refractivity contribution in [1.29, 1.82) is 5.26 Å². The maximum atomic E-state index is 11.6. The standard InChI is InChI=1S/C21H22N2O4/c1-3-25-20-14-16(13-17(15-22)21(24)23-2)9-10-19(20)27-12-11-26-18-7-5-4-6-8-18/h4-10,13-14H,3,11-12H2,1-2H3,(H,23,24)/b17-13+. The van der Waals surface area contributed by atoms with Gasteiger partial charge in [-0.1, -0.05) is 24.3 Å². The summed E-state index contributed by atoms with van der Waals surface area (Å²) in [6, 6.07) is 16.6. The van der Waals surface area contributed by atoms with Crippen LogP contribution in [-0.4, -0.2) is 32.8 Å². The van der Waals surface area contributed by atoms with E-state index < -0.39 is 5.91 Å². The lowest BCUT2D eigenvalue weighted by Crippen LogP contribution is -2.19. The van der Waals surface area contributed by atoms with Gasteiger partial charge in [0.1, 0.15) is 30.6 Å². The van der Waals surface area contributed by atoms with Crippen LogP contribution in [-0.2, 0) is 4.79 Å². The summed E-state index contributed by atoms with van der Waals surface area (Å²) in [5, 5.41) is 11.5. The minimum Gasteiger partial charge on any atom is -0.490 e. The smallest absolute Gasteiger partial charge is 0.261 e. The second-order valence-corrected chi connectivity index (χ2v) is 5.40. The molecule has 6 heteroatoms. The Balaban J connectivity index is 2.05. The number of hydrogen-bond donors (Lipinski definition) is 1. The molecule has 1 N–H and O–H groups in total. The highest BCUT2D eigenvalue weighted by atomic mass is 16.5. The van der Waals surface area contributed by atoms with Crippen molar-refractivity contribution >= 4 is 12.0 Å². The van der Waals surface area contributed by atoms with E-state index in [1.165, 1.54) is 13.1 Å². The van der Waals surface area contributed by atoms with Gasteiger partial charge in [0.15, 0.2) is 11.5 Å². The quantitative estimate of drug-likeness (QED) is 0.419. The van der Waals surface area contributed by atoms with Gasteiger partial charge in [-0.2, -0.15) is 5.26 Å². The number of para-hydroxylation sites is 1. The lowest BCUT2D eigenvalue weighted by atomic mass is 10.1. The number of amides is 1. The van der Waals surface area contributed by atoms with Crippen LogP contribution in [0.2, 0.25) is 0 Å². The van der Waals surface area contributed by atoms with Gasteiger partial charge in [-0.25, -0.2) is 0 Å². The van der Waals surface area contributed by atoms with Crippen LogP contribution >= 0.6 is 0 Å². The third-order valence-electron chi connectivity index (χ3n) is 3.52. The highest BCUT2D eigenvalue weighted by molar-refractivity contribution is 6.01. The lowest BCUT2D eigenvalue weighted by molar-refractivity contribution is -0.116. The molecule has 140 valence electrons. The largest absolute Gasteiger partial charge is 0.490 e. The summed E-state index contributed by atoms with van der Waals surface area (Å²) in [5.74, 6) is 1.46. The van der Waals surface area contributed by atoms with Crippen LogP contribution in [0.1, 0.15) is 12.5 Å². The minimum atomic E-state index is -0.436. The summed E-state index contributed by atoms with van der Waals surface area (Å²) < 4.78 is 17.0. The fraction of sp³-hybridized carbons (Fsp3) is 0.238. The van der Waals surface area contributed by atoms with Gasteiger partial charge in [-0.15, -0.1) is 0 Å². The average molecular weight is 366 g/mol. The number of likely N-dealkylation sites (N-methyl/N-ethyl adjacent to an activating group) is 1. The summed E-state index contributed by atoms with van der Waals surface area (Å²) in [6.45, 7) is 3.08. The molecule has 1 amide bonds. The second kappa shape index (κ2) is 10.5. The molecule has 27 heavy (non-hydrogen) atoms. The van der Waals surface area contributed by atoms with Crippen LogP contribution in [0.15, 0.2) is 54.1 Å². The molecular weight excluding hydrogens is 344 g/mol. The molecule has 2 aromatic carbocycles. The zero-order valence-electron chi connectivity index (χ0n) is 15.4. The maximum absolute atomic E-state index is 11.6. The highest BCUT2D eigenvalue weighted by Gasteiger charge is 2.09. The van der Waals surface area contributed by atoms with E-state index in [1.807, 2.05) is 43.3 Å². The maximum Gasteiger partial charge on any atom is 0.261 e. The summed E-state index contributed by atoms with van der Waals surface area (Å²) in [4.78, 5) is 11.6. The highest BCUT2D eigenvalue weighted by Crippen LogP contribution is 2.29. The average Bonchev–Trinajstić information content (AvgIpc) is 2.71. The SMILES string of the molecule is CCOc1cc(/C=C(\C#N)C(=O)NC)ccc1OCCOc1ccccc1. The number of nitrogens with zero attached hydrogens (tertiary/aromatic N) is 1. The molecule has 0 aliphatic rings. The first-order chi connectivity index (χ1) is 13.2. The molecule has 0 saturated heterocycles. The normalized spacial score (nSPS) is 10.6. The number of nitrogens with one attached hydrogen (secondary N) is 1. The van der Waals surface area contributed by atoms with E-state index in [-0.39, 0.29) is 5.57 Å². The molecule has 0 unspecified atom stereocenters. The zero-order chi connectivity index (χ0) is 19.5. The van der Waals surface area contributed by atoms with Gasteiger partial charge >= 0.3 is 0 Å². The predicted octanol–water partition coefficient (Wildman–Crippen LogP) is 3.20. The van der Waals surface area contributed by atoms with Crippen LogP contribution < -0.4 is 19.5 Å². The number of benzene rings is 2. The number of nitriles is 1. The van der Waals surface area contributed by atoms with Gasteiger partial charge in [0, 0.05) is 7.05 Å². The lowest BCUT2D eigenvalue weighted by Gasteiger charge is -2.13. The summed E-state index contributed by atoms with van der Waals surface area (Å²) in [5.41, 5.74) is 0.691. The number of rotatable bonds is 9. The topological polar surface area (TPSA) is 80.6 Å². The van der Waals surface area contributed by atoms with E-state index in [0.717, 1.165) is 5.75 Å². The van der Waals surface area contributed by atoms with Crippen LogP contribution in [0.3, 0.4) is 0 Å². The molecule has 0 saturated carbocycles. The first-order valence-corrected chi connectivity index (χ1v) is 8.59. The van der Waals surface area contributed by atoms with Gasteiger partial charge < -0.3 is 19.5 Å². The van der Waals surface area contributed by atoms with Crippen LogP contribution in [0, 0.1) is 11.3 Å². The fourth-order valence-electron chi connectivity index (χ4n) is 2.28. The summed E-state index contributed by atoms with van der Waals surface area (Å²) in [6.07, 6.45) is 1.50. The van der Waals surface area contributed by atoms with Crippen molar-refractivity contribution in [2.24, 2.45) is 0 Å². The molecule has 2 aromatic rings. The molecule has 0 atom stereocenters. The third kappa shape index (κ3) is 6.08. The zero-order valence-corrected chi connectivity index (χ0v) is 15.4. The number of hydrogen-bond acceptors (Lipinski definition) is 5. The van der Waals surface area contributed by atoms with Gasteiger partial charge in [0.25, 0.3) is 5.91 Å². The fourth-order valence-corrected chi connectivity index (χ4v) is 2.28. The first kappa shape index (κ1) is 19.9. The van der Waals surface area contributed by atoms with Gasteiger partial charge in [-0.3, -0.25) is 4.79 Å². The van der Waals surface area contributed by atoms with Crippen molar-refractivity contribution in [2.75, 3.05) is 26.9 Å². The van der Waals surface area contributed by atoms with E-state index in [4.69, 9.17) is 19.5 Å². The Morgan fingerprint density at radius 3 is 2.48 bits per heavy atom. The van der Waals surface area contributed by atoms with Crippen molar-refractivity contribution in [2.45, 2.75) is 6.92 Å². The Hall–Kier alpha value is -3.46. The van der Waals surface area contributed by atoms with Crippen LogP contribution in [0.5, 0.6) is 17.2 Å². The van der Waals surface area contributed by atoms with E-state index in [9.17, 15) is 4.79 Å². The monoisotopic (exact) mass is 366 g/mol. The number of ether oxygens (including phenoxy) is 3. The van der Waals surface area contributed by atoms with Gasteiger partial charge in [0.05, 0.1) is 6.61 Å². The molecule has 0 aromatic heterocycles. The number of carbonyl (C=O) groups excluding carboxylic acids is 1. The first-order valence-electron chi connectivity index (χ1n) is 8.59. The molecule has 0 aliphatic heterocycles. The molecule has 0 radical (unpaired) electrons. The van der Waals surface area contributed by atoms with Crippen molar-refractivity contribution in [1.82, 2.24) is 5.32 Å². The van der Waals surface area contributed by atoms with Crippen LogP contribution in [0.25, 0.3) is 6.08 Å². The Labute approximate surface area is 159 Å². The van der Waals surface area contributed by atoms with Crippen molar-refractivity contribution in [3.63, 3.8) is 0 Å². The molecule has 2 rings (SSSR count). The molecular formula is C21H22N2O4. The molecule has 0 bridgehead atoms. The van der Waals surface area contributed by atoms with Crippen LogP contribution in [0.4, 0.5) is 0 Å². The molecule has 6 nitrogen and oxygen atoms in total. The Morgan fingerprint density at radius 2 is 1.81 bits per heavy atom. The van der Waals surface area contributed by atoms with E-state index in [0.29, 0.717) is 36.9 Å². The predicted molar refractivity (Wildman–Crippen MR) is 103 cm³/mol. The molecule has 0 aliphatic carbocycles. The van der Waals surface area contributed by atoms with Gasteiger partial charge in [0.2, 0.25) is 0 Å². The minimum absolute atomic E-state index is 0.0184. The third-order valence-corrected chi connectivity index (χ3v) is 3.52. The van der Waals surface area contributed by atoms with Gasteiger partial charge in [-0.05, 0) is 42.8 Å². The van der Waals surface area contributed by atoms with Crippen molar-refractivity contribution < 1.29 is 19.0 Å². The van der Waals surface area contributed by atoms with E-state index >= 15 is 0 Å². The molecule has 0 heterocycles. The number of carbonyl (C=O) groups is 1. The summed E-state index contributed by atoms with van der Waals surface area (Å²) >= 11 is 0.